The normalized spacial score (nSPS) is 17.4. The fraction of sp³-hybridized carbons (Fsp3) is 0.409. The number of likely N-dealkylation sites (tertiary alicyclic amines) is 1. The van der Waals surface area contributed by atoms with Gasteiger partial charge in [-0.2, -0.15) is 11.8 Å². The van der Waals surface area contributed by atoms with E-state index >= 15 is 0 Å². The van der Waals surface area contributed by atoms with Crippen LogP contribution >= 0.6 is 39.3 Å². The maximum Gasteiger partial charge on any atom is 0.224 e. The number of halogens is 2. The second-order valence-electron chi connectivity index (χ2n) is 7.17. The molecule has 2 aromatic rings. The minimum absolute atomic E-state index is 0.0992. The van der Waals surface area contributed by atoms with Crippen LogP contribution in [-0.4, -0.2) is 36.2 Å². The van der Waals surface area contributed by atoms with Crippen molar-refractivity contribution in [1.82, 2.24) is 10.2 Å². The smallest absolute Gasteiger partial charge is 0.224 e. The summed E-state index contributed by atoms with van der Waals surface area (Å²) in [5, 5.41) is 3.90. The largest absolute Gasteiger partial charge is 0.355 e. The Labute approximate surface area is 185 Å². The van der Waals surface area contributed by atoms with Gasteiger partial charge >= 0.3 is 0 Å². The molecule has 3 nitrogen and oxygen atoms in total. The number of benzene rings is 2. The molecule has 6 heteroatoms. The fourth-order valence-electron chi connectivity index (χ4n) is 3.47. The maximum absolute atomic E-state index is 12.5. The third-order valence-electron chi connectivity index (χ3n) is 4.90. The van der Waals surface area contributed by atoms with Gasteiger partial charge in [0.1, 0.15) is 0 Å². The molecular formula is C22H26BrClN2OS. The molecule has 0 bridgehead atoms. The molecule has 1 heterocycles. The summed E-state index contributed by atoms with van der Waals surface area (Å²) < 4.78 is 1.10. The third kappa shape index (κ3) is 7.11. The summed E-state index contributed by atoms with van der Waals surface area (Å²) >= 11 is 11.3. The van der Waals surface area contributed by atoms with Crippen molar-refractivity contribution in [3.63, 3.8) is 0 Å². The molecule has 2 aromatic carbocycles. The minimum atomic E-state index is 0.0992. The topological polar surface area (TPSA) is 32.3 Å². The van der Waals surface area contributed by atoms with Crippen LogP contribution in [0.1, 0.15) is 24.0 Å². The van der Waals surface area contributed by atoms with E-state index in [0.717, 1.165) is 53.5 Å². The van der Waals surface area contributed by atoms with Crippen molar-refractivity contribution in [1.29, 1.82) is 0 Å². The Morgan fingerprint density at radius 1 is 1.21 bits per heavy atom. The summed E-state index contributed by atoms with van der Waals surface area (Å²) in [7, 11) is 0. The van der Waals surface area contributed by atoms with Gasteiger partial charge in [0.15, 0.2) is 0 Å². The van der Waals surface area contributed by atoms with E-state index in [4.69, 9.17) is 11.6 Å². The summed E-state index contributed by atoms with van der Waals surface area (Å²) in [5.41, 5.74) is 2.52. The lowest BCUT2D eigenvalue weighted by Gasteiger charge is -2.32. The predicted molar refractivity (Wildman–Crippen MR) is 123 cm³/mol. The van der Waals surface area contributed by atoms with Gasteiger partial charge in [-0.25, -0.2) is 0 Å². The van der Waals surface area contributed by atoms with E-state index in [2.05, 4.69) is 56.5 Å². The number of piperidine rings is 1. The molecule has 1 aliphatic heterocycles. The molecule has 0 radical (unpaired) electrons. The highest BCUT2D eigenvalue weighted by molar-refractivity contribution is 9.10. The number of hydrogen-bond donors (Lipinski definition) is 1. The Bertz CT molecular complexity index is 771. The van der Waals surface area contributed by atoms with E-state index in [1.54, 1.807) is 0 Å². The first kappa shape index (κ1) is 21.7. The Kier molecular flexibility index (Phi) is 8.71. The van der Waals surface area contributed by atoms with Gasteiger partial charge in [0.25, 0.3) is 0 Å². The average Bonchev–Trinajstić information content (AvgIpc) is 2.70. The summed E-state index contributed by atoms with van der Waals surface area (Å²) in [5.74, 6) is 2.12. The van der Waals surface area contributed by atoms with Crippen molar-refractivity contribution < 1.29 is 4.79 Å². The highest BCUT2D eigenvalue weighted by Crippen LogP contribution is 2.20. The number of carbonyl (C=O) groups excluding carboxylic acids is 1. The van der Waals surface area contributed by atoms with Crippen molar-refractivity contribution in [3.05, 3.63) is 69.2 Å². The Hall–Kier alpha value is -1.01. The Morgan fingerprint density at radius 3 is 2.82 bits per heavy atom. The lowest BCUT2D eigenvalue weighted by molar-refractivity contribution is -0.126. The zero-order chi connectivity index (χ0) is 19.8. The van der Waals surface area contributed by atoms with Crippen molar-refractivity contribution >= 4 is 45.2 Å². The summed E-state index contributed by atoms with van der Waals surface area (Å²) in [6, 6.07) is 16.4. The Morgan fingerprint density at radius 2 is 2.04 bits per heavy atom. The monoisotopic (exact) mass is 480 g/mol. The molecule has 1 aliphatic rings. The van der Waals surface area contributed by atoms with Crippen LogP contribution in [0.2, 0.25) is 5.02 Å². The third-order valence-corrected chi connectivity index (χ3v) is 6.69. The first-order chi connectivity index (χ1) is 13.6. The molecule has 1 unspecified atom stereocenters. The van der Waals surface area contributed by atoms with Gasteiger partial charge in [-0.15, -0.1) is 0 Å². The Balaban J connectivity index is 1.36. The van der Waals surface area contributed by atoms with Crippen LogP contribution in [0.4, 0.5) is 0 Å². The van der Waals surface area contributed by atoms with Crippen molar-refractivity contribution in [2.45, 2.75) is 25.1 Å². The number of thioether (sulfide) groups is 1. The molecule has 150 valence electrons. The van der Waals surface area contributed by atoms with Gasteiger partial charge < -0.3 is 5.32 Å². The molecule has 3 rings (SSSR count). The minimum Gasteiger partial charge on any atom is -0.355 e. The highest BCUT2D eigenvalue weighted by atomic mass is 79.9. The molecule has 1 atom stereocenters. The maximum atomic E-state index is 12.5. The second kappa shape index (κ2) is 11.2. The first-order valence-corrected chi connectivity index (χ1v) is 12.0. The predicted octanol–water partition coefficient (Wildman–Crippen LogP) is 5.36. The van der Waals surface area contributed by atoms with Crippen LogP contribution in [-0.2, 0) is 17.1 Å². The standard InChI is InChI=1S/C22H26BrClN2OS/c23-20-8-6-17(7-9-20)14-26-11-2-4-19(15-26)22(27)25-10-12-28-16-18-3-1-5-21(24)13-18/h1,3,5-9,13,19H,2,4,10-12,14-16H2,(H,25,27). The zero-order valence-electron chi connectivity index (χ0n) is 15.9. The van der Waals surface area contributed by atoms with Crippen molar-refractivity contribution in [2.24, 2.45) is 5.92 Å². The molecular weight excluding hydrogens is 456 g/mol. The summed E-state index contributed by atoms with van der Waals surface area (Å²) in [6.45, 7) is 3.53. The van der Waals surface area contributed by atoms with E-state index in [9.17, 15) is 4.79 Å². The van der Waals surface area contributed by atoms with Gasteiger partial charge in [-0.05, 0) is 54.8 Å². The molecule has 1 N–H and O–H groups in total. The molecule has 0 saturated carbocycles. The fourth-order valence-corrected chi connectivity index (χ4v) is 4.75. The highest BCUT2D eigenvalue weighted by Gasteiger charge is 2.25. The van der Waals surface area contributed by atoms with Crippen molar-refractivity contribution in [3.8, 4) is 0 Å². The molecule has 1 fully saturated rings. The van der Waals surface area contributed by atoms with Gasteiger partial charge in [0, 0.05) is 40.6 Å². The van der Waals surface area contributed by atoms with E-state index in [1.807, 2.05) is 30.0 Å². The molecule has 0 spiro atoms. The molecule has 1 saturated heterocycles. The molecule has 0 aliphatic carbocycles. The zero-order valence-corrected chi connectivity index (χ0v) is 19.0. The molecule has 0 aromatic heterocycles. The van der Waals surface area contributed by atoms with E-state index in [-0.39, 0.29) is 11.8 Å². The average molecular weight is 482 g/mol. The van der Waals surface area contributed by atoms with Crippen LogP contribution in [0.15, 0.2) is 53.0 Å². The van der Waals surface area contributed by atoms with Gasteiger partial charge in [0.05, 0.1) is 5.92 Å². The molecule has 1 amide bonds. The van der Waals surface area contributed by atoms with Gasteiger partial charge in [-0.3, -0.25) is 9.69 Å². The van der Waals surface area contributed by atoms with E-state index in [1.165, 1.54) is 11.1 Å². The SMILES string of the molecule is O=C(NCCSCc1cccc(Cl)c1)C1CCCN(Cc2ccc(Br)cc2)C1. The van der Waals surface area contributed by atoms with Crippen LogP contribution < -0.4 is 5.32 Å². The first-order valence-electron chi connectivity index (χ1n) is 9.67. The lowest BCUT2D eigenvalue weighted by Crippen LogP contribution is -2.43. The number of carbonyl (C=O) groups is 1. The number of nitrogens with one attached hydrogen (secondary N) is 1. The van der Waals surface area contributed by atoms with Crippen LogP contribution in [0.3, 0.4) is 0 Å². The van der Waals surface area contributed by atoms with Crippen LogP contribution in [0.5, 0.6) is 0 Å². The quantitative estimate of drug-likeness (QED) is 0.515. The lowest BCUT2D eigenvalue weighted by atomic mass is 9.96. The van der Waals surface area contributed by atoms with Gasteiger partial charge in [0.2, 0.25) is 5.91 Å². The summed E-state index contributed by atoms with van der Waals surface area (Å²) in [6.07, 6.45) is 2.07. The number of nitrogens with zero attached hydrogens (tertiary/aromatic N) is 1. The number of amides is 1. The van der Waals surface area contributed by atoms with Crippen LogP contribution in [0.25, 0.3) is 0 Å². The van der Waals surface area contributed by atoms with E-state index in [0.29, 0.717) is 6.54 Å². The molecule has 28 heavy (non-hydrogen) atoms. The second-order valence-corrected chi connectivity index (χ2v) is 9.63. The van der Waals surface area contributed by atoms with Gasteiger partial charge in [-0.1, -0.05) is 51.8 Å². The summed E-state index contributed by atoms with van der Waals surface area (Å²) in [4.78, 5) is 14.9. The van der Waals surface area contributed by atoms with Crippen molar-refractivity contribution in [2.75, 3.05) is 25.4 Å². The number of hydrogen-bond acceptors (Lipinski definition) is 3. The van der Waals surface area contributed by atoms with E-state index < -0.39 is 0 Å². The number of rotatable bonds is 8. The van der Waals surface area contributed by atoms with Crippen LogP contribution in [0, 0.1) is 5.92 Å².